The molecule has 2 N–H and O–H groups in total. The van der Waals surface area contributed by atoms with Crippen LogP contribution in [0.4, 0.5) is 4.39 Å². The van der Waals surface area contributed by atoms with Gasteiger partial charge in [0.05, 0.1) is 0 Å². The highest BCUT2D eigenvalue weighted by atomic mass is 19.1. The van der Waals surface area contributed by atoms with Crippen molar-refractivity contribution in [3.8, 4) is 5.82 Å². The van der Waals surface area contributed by atoms with Crippen LogP contribution in [-0.4, -0.2) is 34.1 Å². The van der Waals surface area contributed by atoms with Crippen LogP contribution in [0, 0.1) is 5.82 Å². The molecule has 3 rings (SSSR count). The number of hydrogen-bond acceptors (Lipinski definition) is 3. The summed E-state index contributed by atoms with van der Waals surface area (Å²) < 4.78 is 15.4. The minimum Gasteiger partial charge on any atom is -0.356 e. The number of guanidine groups is 1. The van der Waals surface area contributed by atoms with Gasteiger partial charge >= 0.3 is 0 Å². The second-order valence-electron chi connectivity index (χ2n) is 7.17. The molecule has 0 saturated carbocycles. The van der Waals surface area contributed by atoms with Crippen molar-refractivity contribution in [2.24, 2.45) is 4.99 Å². The van der Waals surface area contributed by atoms with Crippen LogP contribution >= 0.6 is 0 Å². The number of halogens is 1. The average molecular weight is 380 g/mol. The van der Waals surface area contributed by atoms with Gasteiger partial charge in [-0.15, -0.1) is 0 Å². The van der Waals surface area contributed by atoms with Crippen LogP contribution in [0.1, 0.15) is 25.0 Å². The van der Waals surface area contributed by atoms with E-state index in [-0.39, 0.29) is 11.2 Å². The lowest BCUT2D eigenvalue weighted by atomic mass is 9.84. The van der Waals surface area contributed by atoms with E-state index in [1.54, 1.807) is 37.9 Å². The van der Waals surface area contributed by atoms with E-state index in [0.717, 1.165) is 16.9 Å². The van der Waals surface area contributed by atoms with E-state index in [4.69, 9.17) is 0 Å². The van der Waals surface area contributed by atoms with Crippen LogP contribution in [0.15, 0.2) is 66.3 Å². The van der Waals surface area contributed by atoms with E-state index < -0.39 is 0 Å². The Morgan fingerprint density at radius 1 is 1.18 bits per heavy atom. The molecule has 0 saturated heterocycles. The highest BCUT2D eigenvalue weighted by molar-refractivity contribution is 5.79. The molecule has 0 atom stereocenters. The number of nitrogens with one attached hydrogen (secondary N) is 2. The Bertz CT molecular complexity index is 934. The van der Waals surface area contributed by atoms with Crippen LogP contribution in [0.2, 0.25) is 0 Å². The van der Waals surface area contributed by atoms with Gasteiger partial charge in [-0.05, 0) is 35.4 Å². The molecule has 0 radical (unpaired) electrons. The smallest absolute Gasteiger partial charge is 0.191 e. The third-order valence-electron chi connectivity index (χ3n) is 4.57. The molecule has 146 valence electrons. The standard InChI is InChI=1S/C21H25FN6/c1-21(2,17-5-4-6-18(22)12-17)14-27-20(23-3)26-13-16-7-8-25-19(11-16)28-10-9-24-15-28/h4-12,15H,13-14H2,1-3H3,(H2,23,26,27). The fourth-order valence-corrected chi connectivity index (χ4v) is 2.83. The quantitative estimate of drug-likeness (QED) is 0.510. The lowest BCUT2D eigenvalue weighted by Gasteiger charge is -2.27. The monoisotopic (exact) mass is 380 g/mol. The molecule has 0 spiro atoms. The summed E-state index contributed by atoms with van der Waals surface area (Å²) in [6.45, 7) is 5.36. The summed E-state index contributed by atoms with van der Waals surface area (Å²) >= 11 is 0. The molecule has 0 bridgehead atoms. The van der Waals surface area contributed by atoms with Crippen LogP contribution in [0.25, 0.3) is 5.82 Å². The van der Waals surface area contributed by atoms with Gasteiger partial charge in [-0.2, -0.15) is 0 Å². The summed E-state index contributed by atoms with van der Waals surface area (Å²) in [6, 6.07) is 10.7. The fraction of sp³-hybridized carbons (Fsp3) is 0.286. The Labute approximate surface area is 164 Å². The number of rotatable bonds is 6. The molecule has 0 aliphatic carbocycles. The van der Waals surface area contributed by atoms with Gasteiger partial charge in [0.2, 0.25) is 0 Å². The topological polar surface area (TPSA) is 67.1 Å². The maximum atomic E-state index is 13.5. The highest BCUT2D eigenvalue weighted by Gasteiger charge is 2.21. The summed E-state index contributed by atoms with van der Waals surface area (Å²) in [5.74, 6) is 1.27. The second-order valence-corrected chi connectivity index (χ2v) is 7.17. The predicted molar refractivity (Wildman–Crippen MR) is 109 cm³/mol. The number of hydrogen-bond donors (Lipinski definition) is 2. The van der Waals surface area contributed by atoms with Gasteiger partial charge < -0.3 is 10.6 Å². The van der Waals surface area contributed by atoms with Crippen molar-refractivity contribution in [1.82, 2.24) is 25.2 Å². The summed E-state index contributed by atoms with van der Waals surface area (Å²) in [4.78, 5) is 12.7. The van der Waals surface area contributed by atoms with Crippen molar-refractivity contribution in [2.45, 2.75) is 25.8 Å². The molecule has 7 heteroatoms. The first-order chi connectivity index (χ1) is 13.5. The van der Waals surface area contributed by atoms with Crippen molar-refractivity contribution in [2.75, 3.05) is 13.6 Å². The van der Waals surface area contributed by atoms with Gasteiger partial charge in [-0.1, -0.05) is 26.0 Å². The summed E-state index contributed by atoms with van der Waals surface area (Å²) in [5, 5.41) is 6.63. The molecular formula is C21H25FN6. The van der Waals surface area contributed by atoms with Gasteiger partial charge in [0.1, 0.15) is 18.0 Å². The first-order valence-electron chi connectivity index (χ1n) is 9.12. The van der Waals surface area contributed by atoms with Gasteiger partial charge in [-0.3, -0.25) is 9.56 Å². The second kappa shape index (κ2) is 8.65. The molecule has 0 fully saturated rings. The van der Waals surface area contributed by atoms with Gasteiger partial charge in [0.15, 0.2) is 5.96 Å². The van der Waals surface area contributed by atoms with Crippen molar-refractivity contribution >= 4 is 5.96 Å². The molecular weight excluding hydrogens is 355 g/mol. The van der Waals surface area contributed by atoms with Crippen LogP contribution in [0.3, 0.4) is 0 Å². The van der Waals surface area contributed by atoms with Gasteiger partial charge in [0.25, 0.3) is 0 Å². The average Bonchev–Trinajstić information content (AvgIpc) is 3.23. The Morgan fingerprint density at radius 2 is 2.04 bits per heavy atom. The number of nitrogens with zero attached hydrogens (tertiary/aromatic N) is 4. The molecule has 0 unspecified atom stereocenters. The molecule has 0 amide bonds. The maximum Gasteiger partial charge on any atom is 0.191 e. The number of aromatic nitrogens is 3. The van der Waals surface area contributed by atoms with Crippen LogP contribution in [-0.2, 0) is 12.0 Å². The lowest BCUT2D eigenvalue weighted by Crippen LogP contribution is -2.43. The highest BCUT2D eigenvalue weighted by Crippen LogP contribution is 2.22. The summed E-state index contributed by atoms with van der Waals surface area (Å²) in [5.41, 5.74) is 1.77. The first-order valence-corrected chi connectivity index (χ1v) is 9.12. The Morgan fingerprint density at radius 3 is 2.75 bits per heavy atom. The molecule has 28 heavy (non-hydrogen) atoms. The van der Waals surface area contributed by atoms with Crippen molar-refractivity contribution in [1.29, 1.82) is 0 Å². The van der Waals surface area contributed by atoms with Crippen LogP contribution in [0.5, 0.6) is 0 Å². The zero-order chi connectivity index (χ0) is 20.0. The van der Waals surface area contributed by atoms with Gasteiger partial charge in [0, 0.05) is 44.1 Å². The minimum atomic E-state index is -0.245. The largest absolute Gasteiger partial charge is 0.356 e. The van der Waals surface area contributed by atoms with E-state index in [1.165, 1.54) is 6.07 Å². The predicted octanol–water partition coefficient (Wildman–Crippen LogP) is 3.05. The fourth-order valence-electron chi connectivity index (χ4n) is 2.83. The Balaban J connectivity index is 1.59. The molecule has 2 aromatic heterocycles. The van der Waals surface area contributed by atoms with E-state index in [9.17, 15) is 4.39 Å². The normalized spacial score (nSPS) is 12.1. The Hall–Kier alpha value is -3.22. The molecule has 3 aromatic rings. The summed E-state index contributed by atoms with van der Waals surface area (Å²) in [6.07, 6.45) is 7.07. The summed E-state index contributed by atoms with van der Waals surface area (Å²) in [7, 11) is 1.73. The lowest BCUT2D eigenvalue weighted by molar-refractivity contribution is 0.503. The first kappa shape index (κ1) is 19.5. The van der Waals surface area contributed by atoms with Gasteiger partial charge in [-0.25, -0.2) is 14.4 Å². The molecule has 6 nitrogen and oxygen atoms in total. The van der Waals surface area contributed by atoms with Crippen molar-refractivity contribution in [3.05, 3.63) is 78.3 Å². The number of aliphatic imine (C=N–C) groups is 1. The third kappa shape index (κ3) is 4.94. The van der Waals surface area contributed by atoms with Crippen molar-refractivity contribution in [3.63, 3.8) is 0 Å². The van der Waals surface area contributed by atoms with Crippen LogP contribution < -0.4 is 10.6 Å². The number of imidazole rings is 1. The van der Waals surface area contributed by atoms with E-state index in [1.807, 2.05) is 29.0 Å². The Kier molecular flexibility index (Phi) is 6.03. The van der Waals surface area contributed by atoms with E-state index in [2.05, 4.69) is 39.4 Å². The maximum absolute atomic E-state index is 13.5. The minimum absolute atomic E-state index is 0.223. The molecule has 0 aliphatic rings. The van der Waals surface area contributed by atoms with E-state index in [0.29, 0.717) is 19.0 Å². The number of benzene rings is 1. The van der Waals surface area contributed by atoms with Crippen molar-refractivity contribution < 1.29 is 4.39 Å². The SMILES string of the molecule is CN=C(NCc1ccnc(-n2ccnc2)c1)NCC(C)(C)c1cccc(F)c1. The zero-order valence-corrected chi connectivity index (χ0v) is 16.4. The molecule has 2 heterocycles. The zero-order valence-electron chi connectivity index (χ0n) is 16.4. The number of pyridine rings is 1. The third-order valence-corrected chi connectivity index (χ3v) is 4.57. The molecule has 1 aromatic carbocycles. The van der Waals surface area contributed by atoms with E-state index >= 15 is 0 Å². The molecule has 0 aliphatic heterocycles.